The van der Waals surface area contributed by atoms with Gasteiger partial charge in [0, 0.05) is 29.6 Å². The number of rotatable bonds is 7. The third-order valence-electron chi connectivity index (χ3n) is 10.7. The maximum absolute atomic E-state index is 12.8. The molecule has 5 aliphatic rings. The summed E-state index contributed by atoms with van der Waals surface area (Å²) < 4.78 is 9.28. The van der Waals surface area contributed by atoms with E-state index in [1.54, 1.807) is 23.7 Å². The van der Waals surface area contributed by atoms with E-state index in [4.69, 9.17) is 14.8 Å². The molecule has 10 rings (SSSR count). The van der Waals surface area contributed by atoms with Crippen molar-refractivity contribution in [1.82, 2.24) is 24.7 Å². The topological polar surface area (TPSA) is 118 Å². The van der Waals surface area contributed by atoms with Gasteiger partial charge in [0.05, 0.1) is 34.8 Å². The van der Waals surface area contributed by atoms with Gasteiger partial charge in [-0.25, -0.2) is 19.7 Å². The number of fused-ring (bicyclic) bond motifs is 2. The Kier molecular flexibility index (Phi) is 6.35. The predicted molar refractivity (Wildman–Crippen MR) is 177 cm³/mol. The van der Waals surface area contributed by atoms with Crippen LogP contribution < -0.4 is 15.0 Å². The molecular weight excluding hydrogens is 598 g/mol. The fourth-order valence-corrected chi connectivity index (χ4v) is 10.0. The molecule has 0 radical (unpaired) electrons. The van der Waals surface area contributed by atoms with Crippen LogP contribution in [-0.2, 0) is 6.54 Å². The Labute approximate surface area is 270 Å². The number of aromatic nitrogens is 5. The monoisotopic (exact) mass is 633 g/mol. The van der Waals surface area contributed by atoms with Crippen molar-refractivity contribution in [2.75, 3.05) is 23.4 Å². The molecule has 0 saturated heterocycles. The van der Waals surface area contributed by atoms with E-state index >= 15 is 0 Å². The Balaban J connectivity index is 0.997. The van der Waals surface area contributed by atoms with Gasteiger partial charge in [-0.05, 0) is 92.9 Å². The number of thiazole rings is 1. The number of nitrogens with zero attached hydrogens (tertiary/aromatic N) is 6. The molecule has 4 aromatic heterocycles. The molecule has 0 spiro atoms. The van der Waals surface area contributed by atoms with Gasteiger partial charge in [-0.1, -0.05) is 23.5 Å². The lowest BCUT2D eigenvalue weighted by molar-refractivity contribution is -0.0638. The van der Waals surface area contributed by atoms with E-state index in [0.29, 0.717) is 35.8 Å². The van der Waals surface area contributed by atoms with E-state index < -0.39 is 5.97 Å². The number of carbonyl (C=O) groups is 1. The molecule has 0 amide bonds. The van der Waals surface area contributed by atoms with Crippen LogP contribution in [-0.4, -0.2) is 49.0 Å². The summed E-state index contributed by atoms with van der Waals surface area (Å²) in [4.78, 5) is 28.8. The van der Waals surface area contributed by atoms with Crippen LogP contribution in [0, 0.1) is 30.1 Å². The van der Waals surface area contributed by atoms with Gasteiger partial charge in [0.15, 0.2) is 16.7 Å². The van der Waals surface area contributed by atoms with Crippen LogP contribution in [0.4, 0.5) is 22.5 Å². The van der Waals surface area contributed by atoms with Crippen LogP contribution in [0.15, 0.2) is 55.0 Å². The molecule has 5 heterocycles. The number of carboxylic acids is 1. The third-order valence-corrected chi connectivity index (χ3v) is 11.6. The summed E-state index contributed by atoms with van der Waals surface area (Å²) >= 11 is 1.57. The summed E-state index contributed by atoms with van der Waals surface area (Å²) in [6.45, 7) is 3.81. The highest BCUT2D eigenvalue weighted by Crippen LogP contribution is 2.60. The van der Waals surface area contributed by atoms with Crippen molar-refractivity contribution < 1.29 is 14.6 Å². The van der Waals surface area contributed by atoms with Crippen LogP contribution in [0.5, 0.6) is 5.75 Å². The summed E-state index contributed by atoms with van der Waals surface area (Å²) in [5.74, 6) is 2.98. The number of hydrogen-bond donors (Lipinski definition) is 2. The average molecular weight is 634 g/mol. The van der Waals surface area contributed by atoms with Gasteiger partial charge >= 0.3 is 5.97 Å². The number of aromatic carboxylic acids is 1. The van der Waals surface area contributed by atoms with E-state index in [2.05, 4.69) is 26.9 Å². The fourth-order valence-electron chi connectivity index (χ4n) is 9.15. The summed E-state index contributed by atoms with van der Waals surface area (Å²) in [5, 5.41) is 19.4. The van der Waals surface area contributed by atoms with Crippen molar-refractivity contribution in [2.45, 2.75) is 52.0 Å². The van der Waals surface area contributed by atoms with Gasteiger partial charge in [-0.3, -0.25) is 4.68 Å². The molecule has 4 saturated carbocycles. The SMILES string of the molecule is Cc1c(-c2cnc3c(c2C(=O)O)OCCN3c2ccc(Nc3nc4ccccc4s3)nc2)cnn1CC12CC3CC(CC(C3)C1)C2. The van der Waals surface area contributed by atoms with Gasteiger partial charge in [-0.2, -0.15) is 5.10 Å². The first kappa shape index (κ1) is 27.8. The normalized spacial score (nSPS) is 24.6. The molecule has 4 aliphatic carbocycles. The zero-order valence-corrected chi connectivity index (χ0v) is 26.5. The van der Waals surface area contributed by atoms with Crippen LogP contribution in [0.1, 0.15) is 54.6 Å². The second-order valence-electron chi connectivity index (χ2n) is 13.7. The van der Waals surface area contributed by atoms with Crippen molar-refractivity contribution in [3.8, 4) is 16.9 Å². The van der Waals surface area contributed by atoms with Gasteiger partial charge in [-0.15, -0.1) is 0 Å². The van der Waals surface area contributed by atoms with Crippen molar-refractivity contribution in [3.63, 3.8) is 0 Å². The molecule has 234 valence electrons. The van der Waals surface area contributed by atoms with Gasteiger partial charge in [0.2, 0.25) is 0 Å². The van der Waals surface area contributed by atoms with Gasteiger partial charge in [0.1, 0.15) is 18.0 Å². The smallest absolute Gasteiger partial charge is 0.340 e. The highest BCUT2D eigenvalue weighted by molar-refractivity contribution is 7.22. The molecule has 10 nitrogen and oxygen atoms in total. The Morgan fingerprint density at radius 3 is 2.52 bits per heavy atom. The minimum atomic E-state index is -1.04. The number of benzene rings is 1. The molecule has 4 bridgehead atoms. The molecule has 4 fully saturated rings. The number of para-hydroxylation sites is 1. The summed E-state index contributed by atoms with van der Waals surface area (Å²) in [6.07, 6.45) is 13.4. The minimum absolute atomic E-state index is 0.120. The van der Waals surface area contributed by atoms with Crippen molar-refractivity contribution in [3.05, 3.63) is 66.2 Å². The fraction of sp³-hybridized carbons (Fsp3) is 0.400. The van der Waals surface area contributed by atoms with Crippen molar-refractivity contribution in [2.24, 2.45) is 23.2 Å². The second-order valence-corrected chi connectivity index (χ2v) is 14.8. The number of carboxylic acid groups (broad SMARTS) is 1. The molecule has 5 aromatic rings. The molecular formula is C35H35N7O3S. The number of ether oxygens (including phenoxy) is 1. The summed E-state index contributed by atoms with van der Waals surface area (Å²) in [5.41, 5.74) is 4.50. The quantitative estimate of drug-likeness (QED) is 0.188. The number of anilines is 4. The maximum atomic E-state index is 12.8. The minimum Gasteiger partial charge on any atom is -0.487 e. The van der Waals surface area contributed by atoms with E-state index in [9.17, 15) is 9.90 Å². The van der Waals surface area contributed by atoms with Crippen molar-refractivity contribution >= 4 is 50.0 Å². The molecule has 46 heavy (non-hydrogen) atoms. The Morgan fingerprint density at radius 2 is 1.80 bits per heavy atom. The highest BCUT2D eigenvalue weighted by Gasteiger charge is 2.51. The number of pyridine rings is 2. The molecule has 2 N–H and O–H groups in total. The lowest BCUT2D eigenvalue weighted by Crippen LogP contribution is -2.48. The van der Waals surface area contributed by atoms with Crippen LogP contribution in [0.3, 0.4) is 0 Å². The van der Waals surface area contributed by atoms with E-state index in [1.807, 2.05) is 47.5 Å². The second kappa shape index (κ2) is 10.5. The highest BCUT2D eigenvalue weighted by atomic mass is 32.1. The molecule has 0 atom stereocenters. The molecule has 1 aliphatic heterocycles. The first-order valence-corrected chi connectivity index (χ1v) is 17.0. The lowest BCUT2D eigenvalue weighted by atomic mass is 9.49. The summed E-state index contributed by atoms with van der Waals surface area (Å²) in [6, 6.07) is 11.9. The lowest BCUT2D eigenvalue weighted by Gasteiger charge is -2.56. The van der Waals surface area contributed by atoms with E-state index in [0.717, 1.165) is 56.6 Å². The molecule has 0 unspecified atom stereocenters. The first-order chi connectivity index (χ1) is 22.4. The first-order valence-electron chi connectivity index (χ1n) is 16.2. The van der Waals surface area contributed by atoms with Gasteiger partial charge in [0.25, 0.3) is 0 Å². The Hall–Kier alpha value is -4.51. The van der Waals surface area contributed by atoms with E-state index in [-0.39, 0.29) is 11.3 Å². The van der Waals surface area contributed by atoms with Crippen LogP contribution in [0.2, 0.25) is 0 Å². The number of nitrogens with one attached hydrogen (secondary N) is 1. The van der Waals surface area contributed by atoms with Crippen molar-refractivity contribution in [1.29, 1.82) is 0 Å². The van der Waals surface area contributed by atoms with Crippen LogP contribution >= 0.6 is 11.3 Å². The predicted octanol–water partition coefficient (Wildman–Crippen LogP) is 7.45. The third kappa shape index (κ3) is 4.62. The zero-order valence-electron chi connectivity index (χ0n) is 25.6. The summed E-state index contributed by atoms with van der Waals surface area (Å²) in [7, 11) is 0. The van der Waals surface area contributed by atoms with Gasteiger partial charge < -0.3 is 20.1 Å². The largest absolute Gasteiger partial charge is 0.487 e. The standard InChI is InChI=1S/C35H35N7O3S/c1-20-25(18-38-42(20)19-35-13-21-10-22(14-35)12-23(11-21)15-35)26-17-37-32-31(30(26)33(43)44)45-9-8-41(32)24-6-7-29(36-16-24)40-34-39-27-4-2-3-5-28(27)46-34/h2-7,16-18,21-23H,8-15,19H2,1H3,(H,43,44)(H,36,39,40). The van der Waals surface area contributed by atoms with E-state index in [1.165, 1.54) is 38.5 Å². The molecule has 1 aromatic carbocycles. The Bertz CT molecular complexity index is 1920. The maximum Gasteiger partial charge on any atom is 0.340 e. The average Bonchev–Trinajstić information content (AvgIpc) is 3.61. The molecule has 11 heteroatoms. The zero-order chi connectivity index (χ0) is 31.0. The number of hydrogen-bond acceptors (Lipinski definition) is 9. The Morgan fingerprint density at radius 1 is 1.02 bits per heavy atom. The van der Waals surface area contributed by atoms with Crippen LogP contribution in [0.25, 0.3) is 21.3 Å².